The van der Waals surface area contributed by atoms with E-state index in [4.69, 9.17) is 0 Å². The molecule has 1 saturated carbocycles. The van der Waals surface area contributed by atoms with Gasteiger partial charge in [-0.25, -0.2) is 0 Å². The fourth-order valence-corrected chi connectivity index (χ4v) is 2.27. The molecule has 3 heteroatoms. The zero-order valence-electron chi connectivity index (χ0n) is 11.8. The van der Waals surface area contributed by atoms with Gasteiger partial charge in [0.1, 0.15) is 0 Å². The van der Waals surface area contributed by atoms with Crippen LogP contribution in [-0.4, -0.2) is 29.7 Å². The second-order valence-corrected chi connectivity index (χ2v) is 5.48. The molecular weight excluding hydrogens is 238 g/mol. The Morgan fingerprint density at radius 3 is 2.26 bits per heavy atom. The molecule has 1 aromatic rings. The monoisotopic (exact) mass is 259 g/mol. The summed E-state index contributed by atoms with van der Waals surface area (Å²) < 4.78 is 0. The van der Waals surface area contributed by atoms with Crippen LogP contribution in [0.2, 0.25) is 0 Å². The molecule has 0 spiro atoms. The van der Waals surface area contributed by atoms with E-state index in [9.17, 15) is 9.59 Å². The molecule has 1 unspecified atom stereocenters. The lowest BCUT2D eigenvalue weighted by molar-refractivity contribution is -0.137. The second kappa shape index (κ2) is 5.55. The normalized spacial score (nSPS) is 16.6. The van der Waals surface area contributed by atoms with Crippen molar-refractivity contribution in [3.05, 3.63) is 35.4 Å². The van der Waals surface area contributed by atoms with Crippen LogP contribution >= 0.6 is 0 Å². The standard InChI is InChI=1S/C16H21NO2/c1-11-7-9-13(10-8-11)15(18)12(2)17(3)16(19)14-5-4-6-14/h7-10,12,14H,4-6H2,1-3H3. The molecule has 1 aromatic carbocycles. The fraction of sp³-hybridized carbons (Fsp3) is 0.500. The van der Waals surface area contributed by atoms with E-state index in [2.05, 4.69) is 0 Å². The number of likely N-dealkylation sites (N-methyl/N-ethyl adjacent to an activating group) is 1. The average Bonchev–Trinajstić information content (AvgIpc) is 2.35. The summed E-state index contributed by atoms with van der Waals surface area (Å²) >= 11 is 0. The van der Waals surface area contributed by atoms with Crippen molar-refractivity contribution in [2.75, 3.05) is 7.05 Å². The fourth-order valence-electron chi connectivity index (χ4n) is 2.27. The first-order valence-corrected chi connectivity index (χ1v) is 6.88. The van der Waals surface area contributed by atoms with Gasteiger partial charge in [-0.15, -0.1) is 0 Å². The number of carbonyl (C=O) groups is 2. The highest BCUT2D eigenvalue weighted by atomic mass is 16.2. The lowest BCUT2D eigenvalue weighted by Crippen LogP contribution is -2.44. The summed E-state index contributed by atoms with van der Waals surface area (Å²) in [5.74, 6) is 0.257. The number of hydrogen-bond donors (Lipinski definition) is 0. The summed E-state index contributed by atoms with van der Waals surface area (Å²) in [6.45, 7) is 3.79. The number of nitrogens with zero attached hydrogens (tertiary/aromatic N) is 1. The topological polar surface area (TPSA) is 37.4 Å². The van der Waals surface area contributed by atoms with Crippen LogP contribution in [0, 0.1) is 12.8 Å². The largest absolute Gasteiger partial charge is 0.335 e. The van der Waals surface area contributed by atoms with Crippen molar-refractivity contribution in [1.29, 1.82) is 0 Å². The van der Waals surface area contributed by atoms with Crippen molar-refractivity contribution >= 4 is 11.7 Å². The highest BCUT2D eigenvalue weighted by Gasteiger charge is 2.31. The van der Waals surface area contributed by atoms with E-state index >= 15 is 0 Å². The Kier molecular flexibility index (Phi) is 4.03. The molecule has 1 atom stereocenters. The van der Waals surface area contributed by atoms with E-state index in [0.29, 0.717) is 5.56 Å². The van der Waals surface area contributed by atoms with E-state index in [1.165, 1.54) is 0 Å². The maximum absolute atomic E-state index is 12.3. The Labute approximate surface area is 114 Å². The van der Waals surface area contributed by atoms with Gasteiger partial charge >= 0.3 is 0 Å². The number of ketones is 1. The van der Waals surface area contributed by atoms with Gasteiger partial charge in [0.05, 0.1) is 6.04 Å². The summed E-state index contributed by atoms with van der Waals surface area (Å²) in [6, 6.07) is 7.11. The lowest BCUT2D eigenvalue weighted by atomic mass is 9.84. The van der Waals surface area contributed by atoms with E-state index in [1.54, 1.807) is 18.9 Å². The smallest absolute Gasteiger partial charge is 0.226 e. The first-order valence-electron chi connectivity index (χ1n) is 6.88. The molecule has 0 N–H and O–H groups in total. The van der Waals surface area contributed by atoms with Crippen molar-refractivity contribution < 1.29 is 9.59 Å². The van der Waals surface area contributed by atoms with Gasteiger partial charge in [-0.05, 0) is 26.7 Å². The minimum Gasteiger partial charge on any atom is -0.335 e. The van der Waals surface area contributed by atoms with Crippen LogP contribution in [0.25, 0.3) is 0 Å². The van der Waals surface area contributed by atoms with Crippen molar-refractivity contribution in [3.8, 4) is 0 Å². The number of hydrogen-bond acceptors (Lipinski definition) is 2. The van der Waals surface area contributed by atoms with Crippen molar-refractivity contribution in [3.63, 3.8) is 0 Å². The van der Waals surface area contributed by atoms with Gasteiger partial charge in [-0.3, -0.25) is 9.59 Å². The van der Waals surface area contributed by atoms with Gasteiger partial charge in [-0.1, -0.05) is 36.2 Å². The van der Waals surface area contributed by atoms with Crippen LogP contribution in [0.15, 0.2) is 24.3 Å². The van der Waals surface area contributed by atoms with Crippen LogP contribution in [0.4, 0.5) is 0 Å². The Balaban J connectivity index is 2.05. The van der Waals surface area contributed by atoms with Crippen LogP contribution in [0.3, 0.4) is 0 Å². The molecule has 0 heterocycles. The number of aryl methyl sites for hydroxylation is 1. The molecule has 102 valence electrons. The molecule has 1 aliphatic carbocycles. The molecule has 1 amide bonds. The highest BCUT2D eigenvalue weighted by Crippen LogP contribution is 2.28. The Morgan fingerprint density at radius 1 is 1.21 bits per heavy atom. The molecule has 0 radical (unpaired) electrons. The summed E-state index contributed by atoms with van der Waals surface area (Å²) in [6.07, 6.45) is 3.06. The Bertz CT molecular complexity index is 474. The minimum atomic E-state index is -0.393. The summed E-state index contributed by atoms with van der Waals surface area (Å²) in [4.78, 5) is 26.1. The quantitative estimate of drug-likeness (QED) is 0.780. The van der Waals surface area contributed by atoms with Gasteiger partial charge in [0, 0.05) is 18.5 Å². The predicted molar refractivity (Wildman–Crippen MR) is 75.1 cm³/mol. The number of amides is 1. The van der Waals surface area contributed by atoms with Gasteiger partial charge in [-0.2, -0.15) is 0 Å². The van der Waals surface area contributed by atoms with Crippen molar-refractivity contribution in [2.45, 2.75) is 39.2 Å². The summed E-state index contributed by atoms with van der Waals surface area (Å²) in [5, 5.41) is 0. The van der Waals surface area contributed by atoms with Crippen molar-refractivity contribution in [2.24, 2.45) is 5.92 Å². The van der Waals surface area contributed by atoms with E-state index in [1.807, 2.05) is 31.2 Å². The third-order valence-corrected chi connectivity index (χ3v) is 4.10. The zero-order chi connectivity index (χ0) is 14.0. The molecule has 1 aliphatic rings. The third-order valence-electron chi connectivity index (χ3n) is 4.10. The zero-order valence-corrected chi connectivity index (χ0v) is 11.8. The number of rotatable bonds is 4. The molecule has 3 nitrogen and oxygen atoms in total. The van der Waals surface area contributed by atoms with Gasteiger partial charge < -0.3 is 4.90 Å². The first-order chi connectivity index (χ1) is 9.00. The van der Waals surface area contributed by atoms with Gasteiger partial charge in [0.25, 0.3) is 0 Å². The molecular formula is C16H21NO2. The van der Waals surface area contributed by atoms with Crippen molar-refractivity contribution in [1.82, 2.24) is 4.90 Å². The molecule has 19 heavy (non-hydrogen) atoms. The summed E-state index contributed by atoms with van der Waals surface area (Å²) in [7, 11) is 1.73. The molecule has 0 aliphatic heterocycles. The lowest BCUT2D eigenvalue weighted by Gasteiger charge is -2.32. The average molecular weight is 259 g/mol. The number of Topliss-reactive ketones (excluding diaryl/α,β-unsaturated/α-hetero) is 1. The second-order valence-electron chi connectivity index (χ2n) is 5.48. The molecule has 0 bridgehead atoms. The van der Waals surface area contributed by atoms with Crippen LogP contribution in [0.1, 0.15) is 42.1 Å². The maximum Gasteiger partial charge on any atom is 0.226 e. The molecule has 2 rings (SSSR count). The Hall–Kier alpha value is -1.64. The predicted octanol–water partition coefficient (Wildman–Crippen LogP) is 2.82. The van der Waals surface area contributed by atoms with E-state index in [-0.39, 0.29) is 17.6 Å². The van der Waals surface area contributed by atoms with Gasteiger partial charge in [0.2, 0.25) is 5.91 Å². The molecule has 0 saturated heterocycles. The first kappa shape index (κ1) is 13.8. The maximum atomic E-state index is 12.3. The third kappa shape index (κ3) is 2.86. The van der Waals surface area contributed by atoms with Gasteiger partial charge in [0.15, 0.2) is 5.78 Å². The molecule has 0 aromatic heterocycles. The van der Waals surface area contributed by atoms with Crippen LogP contribution in [-0.2, 0) is 4.79 Å². The van der Waals surface area contributed by atoms with E-state index < -0.39 is 6.04 Å². The van der Waals surface area contributed by atoms with Crippen LogP contribution in [0.5, 0.6) is 0 Å². The summed E-state index contributed by atoms with van der Waals surface area (Å²) in [5.41, 5.74) is 1.80. The highest BCUT2D eigenvalue weighted by molar-refractivity contribution is 6.01. The minimum absolute atomic E-state index is 0.00942. The van der Waals surface area contributed by atoms with Crippen LogP contribution < -0.4 is 0 Å². The molecule has 1 fully saturated rings. The van der Waals surface area contributed by atoms with E-state index in [0.717, 1.165) is 24.8 Å². The number of benzene rings is 1. The number of carbonyl (C=O) groups excluding carboxylic acids is 2. The SMILES string of the molecule is Cc1ccc(C(=O)C(C)N(C)C(=O)C2CCC2)cc1. The Morgan fingerprint density at radius 2 is 1.79 bits per heavy atom.